The Labute approximate surface area is 65.3 Å². The molecule has 0 N–H and O–H groups in total. The summed E-state index contributed by atoms with van der Waals surface area (Å²) in [4.78, 5) is 0. The molecule has 0 heterocycles. The average Bonchev–Trinajstić information content (AvgIpc) is 1.38. The fourth-order valence-corrected chi connectivity index (χ4v) is 0. The van der Waals surface area contributed by atoms with Crippen LogP contribution in [0.15, 0.2) is 4.74 Å². The molecule has 0 atom stereocenters. The van der Waals surface area contributed by atoms with E-state index in [4.69, 9.17) is 0 Å². The molecule has 0 amide bonds. The quantitative estimate of drug-likeness (QED) is 0.497. The summed E-state index contributed by atoms with van der Waals surface area (Å²) in [6.07, 6.45) is 0. The van der Waals surface area contributed by atoms with Gasteiger partial charge in [-0.1, -0.05) is 0 Å². The minimum Gasteiger partial charge on any atom is -0.310 e. The molecule has 0 aliphatic rings. The van der Waals surface area contributed by atoms with Crippen molar-refractivity contribution in [2.45, 2.75) is 0 Å². The molecule has 0 saturated carbocycles. The Balaban J connectivity index is 0. The zero-order chi connectivity index (χ0) is 4.28. The summed E-state index contributed by atoms with van der Waals surface area (Å²) in [6.45, 7) is 4.31. The molecule has 35 valence electrons. The Morgan fingerprint density at radius 2 is 1.50 bits per heavy atom. The smallest absolute Gasteiger partial charge is 0.0258 e. The van der Waals surface area contributed by atoms with Crippen LogP contribution in [-0.2, 0) is 32.7 Å². The maximum atomic E-state index is 3.99. The molecular formula is C3H10NPY. The van der Waals surface area contributed by atoms with Crippen molar-refractivity contribution >= 4 is 7.71 Å². The topological polar surface area (TPSA) is 12.4 Å². The molecule has 0 unspecified atom stereocenters. The molecule has 1 nitrogen and oxygen atoms in total. The molecule has 0 bridgehead atoms. The standard InChI is InChI=1S/C3H10NP.Y/c1-4-5(2)3;/h5H,1-3H3;. The molecule has 0 spiro atoms. The second-order valence-corrected chi connectivity index (χ2v) is 3.51. The van der Waals surface area contributed by atoms with Crippen molar-refractivity contribution in [2.24, 2.45) is 4.74 Å². The third-order valence-electron chi connectivity index (χ3n) is 0.447. The number of hydrogen-bond donors (Lipinski definition) is 0. The average molecular weight is 180 g/mol. The van der Waals surface area contributed by atoms with Crippen molar-refractivity contribution in [1.82, 2.24) is 0 Å². The first kappa shape index (κ1) is 10.3. The third kappa shape index (κ3) is 9.01. The predicted molar refractivity (Wildman–Crippen MR) is 28.5 cm³/mol. The summed E-state index contributed by atoms with van der Waals surface area (Å²) < 4.78 is 3.99. The van der Waals surface area contributed by atoms with Crippen LogP contribution in [0.5, 0.6) is 0 Å². The molecule has 0 aliphatic heterocycles. The summed E-state index contributed by atoms with van der Waals surface area (Å²) in [5.41, 5.74) is 0. The second-order valence-electron chi connectivity index (χ2n) is 1.17. The van der Waals surface area contributed by atoms with E-state index in [2.05, 4.69) is 18.1 Å². The van der Waals surface area contributed by atoms with E-state index >= 15 is 0 Å². The van der Waals surface area contributed by atoms with Gasteiger partial charge in [-0.15, -0.1) is 0 Å². The van der Waals surface area contributed by atoms with E-state index in [1.165, 1.54) is 0 Å². The van der Waals surface area contributed by atoms with Crippen LogP contribution in [0.1, 0.15) is 0 Å². The van der Waals surface area contributed by atoms with E-state index in [-0.39, 0.29) is 40.4 Å². The zero-order valence-corrected chi connectivity index (χ0v) is 8.36. The minimum absolute atomic E-state index is 0. The van der Waals surface area contributed by atoms with Gasteiger partial charge in [0.25, 0.3) is 0 Å². The Bertz CT molecular complexity index is 48.8. The normalized spacial score (nSPS) is 7.33. The van der Waals surface area contributed by atoms with Gasteiger partial charge in [0.05, 0.1) is 0 Å². The van der Waals surface area contributed by atoms with Gasteiger partial charge in [0.2, 0.25) is 0 Å². The van der Waals surface area contributed by atoms with Crippen LogP contribution in [0.25, 0.3) is 0 Å². The molecular weight excluding hydrogens is 170 g/mol. The van der Waals surface area contributed by atoms with Crippen LogP contribution in [-0.4, -0.2) is 20.4 Å². The molecule has 0 aromatic carbocycles. The Morgan fingerprint density at radius 1 is 1.33 bits per heavy atom. The minimum atomic E-state index is -0.249. The summed E-state index contributed by atoms with van der Waals surface area (Å²) in [6, 6.07) is 0. The van der Waals surface area contributed by atoms with Crippen molar-refractivity contribution in [3.8, 4) is 0 Å². The molecule has 0 fully saturated rings. The van der Waals surface area contributed by atoms with Crippen molar-refractivity contribution in [1.29, 1.82) is 0 Å². The summed E-state index contributed by atoms with van der Waals surface area (Å²) >= 11 is 0. The fourth-order valence-electron chi connectivity index (χ4n) is 0. The van der Waals surface area contributed by atoms with Crippen LogP contribution in [0.4, 0.5) is 0 Å². The molecule has 3 heteroatoms. The van der Waals surface area contributed by atoms with E-state index in [0.717, 1.165) is 0 Å². The molecule has 0 aliphatic carbocycles. The Kier molecular flexibility index (Phi) is 10.9. The van der Waals surface area contributed by atoms with Crippen LogP contribution in [0.2, 0.25) is 0 Å². The van der Waals surface area contributed by atoms with Crippen LogP contribution in [0, 0.1) is 0 Å². The summed E-state index contributed by atoms with van der Waals surface area (Å²) in [5.74, 6) is 0. The fraction of sp³-hybridized carbons (Fsp3) is 1.00. The second kappa shape index (κ2) is 6.33. The molecule has 0 aromatic heterocycles. The Hall–Kier alpha value is 1.33. The first-order valence-corrected chi connectivity index (χ1v) is 4.12. The first-order chi connectivity index (χ1) is 2.27. The van der Waals surface area contributed by atoms with Gasteiger partial charge >= 0.3 is 0 Å². The SMILES string of the molecule is CN=[PH](C)C.[Y]. The first-order valence-electron chi connectivity index (χ1n) is 1.67. The van der Waals surface area contributed by atoms with Gasteiger partial charge in [-0.3, -0.25) is 0 Å². The Morgan fingerprint density at radius 3 is 1.50 bits per heavy atom. The molecule has 6 heavy (non-hydrogen) atoms. The number of rotatable bonds is 0. The maximum Gasteiger partial charge on any atom is 0.0258 e. The monoisotopic (exact) mass is 180 g/mol. The molecule has 1 radical (unpaired) electrons. The van der Waals surface area contributed by atoms with Gasteiger partial charge in [-0.05, 0) is 21.0 Å². The number of hydrogen-bond acceptors (Lipinski definition) is 1. The van der Waals surface area contributed by atoms with Gasteiger partial charge in [0, 0.05) is 39.8 Å². The van der Waals surface area contributed by atoms with E-state index in [1.54, 1.807) is 0 Å². The van der Waals surface area contributed by atoms with E-state index < -0.39 is 0 Å². The van der Waals surface area contributed by atoms with Crippen molar-refractivity contribution in [3.05, 3.63) is 0 Å². The van der Waals surface area contributed by atoms with E-state index in [0.29, 0.717) is 0 Å². The van der Waals surface area contributed by atoms with Crippen molar-refractivity contribution < 1.29 is 32.7 Å². The third-order valence-corrected chi connectivity index (χ3v) is 1.34. The van der Waals surface area contributed by atoms with Gasteiger partial charge in [0.15, 0.2) is 0 Å². The number of nitrogens with zero attached hydrogens (tertiary/aromatic N) is 1. The van der Waals surface area contributed by atoms with Gasteiger partial charge in [-0.25, -0.2) is 0 Å². The van der Waals surface area contributed by atoms with Gasteiger partial charge in [0.1, 0.15) is 0 Å². The zero-order valence-electron chi connectivity index (χ0n) is 4.52. The molecule has 0 aromatic rings. The van der Waals surface area contributed by atoms with Crippen LogP contribution in [0.3, 0.4) is 0 Å². The largest absolute Gasteiger partial charge is 0.310 e. The van der Waals surface area contributed by atoms with Crippen molar-refractivity contribution in [3.63, 3.8) is 0 Å². The molecule has 0 rings (SSSR count). The maximum absolute atomic E-state index is 3.99. The van der Waals surface area contributed by atoms with E-state index in [1.807, 2.05) is 7.05 Å². The van der Waals surface area contributed by atoms with Crippen molar-refractivity contribution in [2.75, 3.05) is 20.4 Å². The predicted octanol–water partition coefficient (Wildman–Crippen LogP) is 1.27. The van der Waals surface area contributed by atoms with Gasteiger partial charge < -0.3 is 4.74 Å². The summed E-state index contributed by atoms with van der Waals surface area (Å²) in [7, 11) is 1.62. The van der Waals surface area contributed by atoms with Gasteiger partial charge in [-0.2, -0.15) is 0 Å². The molecule has 0 saturated heterocycles. The summed E-state index contributed by atoms with van der Waals surface area (Å²) in [5, 5.41) is 0. The van der Waals surface area contributed by atoms with Crippen LogP contribution >= 0.6 is 7.71 Å². The van der Waals surface area contributed by atoms with E-state index in [9.17, 15) is 0 Å². The van der Waals surface area contributed by atoms with Crippen LogP contribution < -0.4 is 0 Å².